The average Bonchev–Trinajstić information content (AvgIpc) is 2.36. The van der Waals surface area contributed by atoms with E-state index in [1.807, 2.05) is 6.92 Å². The molecule has 0 heterocycles. The van der Waals surface area contributed by atoms with Gasteiger partial charge in [-0.05, 0) is 65.4 Å². The van der Waals surface area contributed by atoms with Crippen LogP contribution in [0.4, 0.5) is 14.5 Å². The summed E-state index contributed by atoms with van der Waals surface area (Å²) >= 11 is 7.82. The summed E-state index contributed by atoms with van der Waals surface area (Å²) in [6.07, 6.45) is 0. The van der Waals surface area contributed by atoms with Gasteiger partial charge in [0.15, 0.2) is 0 Å². The second kappa shape index (κ2) is 6.05. The van der Waals surface area contributed by atoms with Gasteiger partial charge in [-0.25, -0.2) is 8.78 Å². The van der Waals surface area contributed by atoms with E-state index in [-0.39, 0.29) is 16.9 Å². The lowest BCUT2D eigenvalue weighted by atomic mass is 10.1. The van der Waals surface area contributed by atoms with E-state index in [9.17, 15) is 8.78 Å². The second-order valence-electron chi connectivity index (χ2n) is 4.16. The molecular weight excluding hydrogens is 383 g/mol. The maximum atomic E-state index is 13.1. The van der Waals surface area contributed by atoms with Gasteiger partial charge in [-0.1, -0.05) is 17.7 Å². The smallest absolute Gasteiger partial charge is 0.141 e. The van der Waals surface area contributed by atoms with Crippen molar-refractivity contribution < 1.29 is 8.78 Å². The Hall–Kier alpha value is -0.880. The van der Waals surface area contributed by atoms with Crippen LogP contribution in [0.2, 0.25) is 5.02 Å². The van der Waals surface area contributed by atoms with Gasteiger partial charge in [-0.3, -0.25) is 0 Å². The van der Waals surface area contributed by atoms with Crippen molar-refractivity contribution in [2.45, 2.75) is 13.0 Å². The third kappa shape index (κ3) is 3.57. The molecule has 0 spiro atoms. The summed E-state index contributed by atoms with van der Waals surface area (Å²) in [7, 11) is 0. The molecule has 0 aliphatic carbocycles. The Morgan fingerprint density at radius 3 is 2.53 bits per heavy atom. The summed E-state index contributed by atoms with van der Waals surface area (Å²) < 4.78 is 26.9. The highest BCUT2D eigenvalue weighted by Crippen LogP contribution is 2.26. The van der Waals surface area contributed by atoms with Gasteiger partial charge in [0.05, 0.1) is 5.02 Å². The highest BCUT2D eigenvalue weighted by atomic mass is 127. The van der Waals surface area contributed by atoms with E-state index in [1.165, 1.54) is 18.2 Å². The molecule has 100 valence electrons. The molecular formula is C14H11ClF2IN. The van der Waals surface area contributed by atoms with Crippen LogP contribution in [0.3, 0.4) is 0 Å². The Bertz CT molecular complexity index is 604. The number of hydrogen-bond acceptors (Lipinski definition) is 1. The molecule has 0 saturated heterocycles. The summed E-state index contributed by atoms with van der Waals surface area (Å²) in [5.74, 6) is -0.707. The summed E-state index contributed by atoms with van der Waals surface area (Å²) in [5, 5.41) is 3.34. The third-order valence-electron chi connectivity index (χ3n) is 2.75. The molecule has 1 atom stereocenters. The fraction of sp³-hybridized carbons (Fsp3) is 0.143. The lowest BCUT2D eigenvalue weighted by molar-refractivity contribution is 0.625. The first kappa shape index (κ1) is 14.5. The van der Waals surface area contributed by atoms with E-state index in [4.69, 9.17) is 11.6 Å². The maximum Gasteiger partial charge on any atom is 0.141 e. The van der Waals surface area contributed by atoms with Crippen molar-refractivity contribution in [1.29, 1.82) is 0 Å². The van der Waals surface area contributed by atoms with E-state index in [1.54, 1.807) is 18.2 Å². The zero-order valence-electron chi connectivity index (χ0n) is 10.1. The summed E-state index contributed by atoms with van der Waals surface area (Å²) in [4.78, 5) is 0. The topological polar surface area (TPSA) is 12.0 Å². The van der Waals surface area contributed by atoms with Crippen LogP contribution in [-0.2, 0) is 0 Å². The van der Waals surface area contributed by atoms with Crippen molar-refractivity contribution in [3.8, 4) is 0 Å². The third-order valence-corrected chi connectivity index (χ3v) is 3.93. The summed E-state index contributed by atoms with van der Waals surface area (Å²) in [6.45, 7) is 1.93. The van der Waals surface area contributed by atoms with Crippen LogP contribution < -0.4 is 5.32 Å². The highest BCUT2D eigenvalue weighted by Gasteiger charge is 2.10. The number of nitrogens with one attached hydrogen (secondary N) is 1. The Morgan fingerprint density at radius 1 is 1.16 bits per heavy atom. The van der Waals surface area contributed by atoms with Crippen molar-refractivity contribution in [3.63, 3.8) is 0 Å². The van der Waals surface area contributed by atoms with Crippen LogP contribution in [0, 0.1) is 15.2 Å². The molecule has 0 saturated carbocycles. The molecule has 2 rings (SSSR count). The van der Waals surface area contributed by atoms with Gasteiger partial charge in [0, 0.05) is 15.3 Å². The van der Waals surface area contributed by atoms with Gasteiger partial charge in [-0.2, -0.15) is 0 Å². The van der Waals surface area contributed by atoms with Crippen molar-refractivity contribution >= 4 is 39.9 Å². The molecule has 5 heteroatoms. The Morgan fingerprint density at radius 2 is 1.89 bits per heavy atom. The molecule has 0 bridgehead atoms. The quantitative estimate of drug-likeness (QED) is 0.689. The van der Waals surface area contributed by atoms with E-state index >= 15 is 0 Å². The lowest BCUT2D eigenvalue weighted by Crippen LogP contribution is -2.08. The van der Waals surface area contributed by atoms with E-state index in [2.05, 4.69) is 27.9 Å². The predicted molar refractivity (Wildman–Crippen MR) is 82.6 cm³/mol. The average molecular weight is 394 g/mol. The highest BCUT2D eigenvalue weighted by molar-refractivity contribution is 14.1. The number of anilines is 1. The SMILES string of the molecule is CC(Nc1ccc(F)cc1I)c1ccc(F)c(Cl)c1. The zero-order chi connectivity index (χ0) is 14.0. The van der Waals surface area contributed by atoms with Gasteiger partial charge in [0.25, 0.3) is 0 Å². The first-order valence-corrected chi connectivity index (χ1v) is 7.09. The van der Waals surface area contributed by atoms with Crippen LogP contribution >= 0.6 is 34.2 Å². The standard InChI is InChI=1S/C14H11ClF2IN/c1-8(9-2-4-12(17)11(15)6-9)19-14-5-3-10(16)7-13(14)18/h2-8,19H,1H3. The molecule has 2 aromatic rings. The molecule has 1 unspecified atom stereocenters. The largest absolute Gasteiger partial charge is 0.378 e. The van der Waals surface area contributed by atoms with E-state index < -0.39 is 5.82 Å². The summed E-state index contributed by atoms with van der Waals surface area (Å²) in [6, 6.07) is 9.07. The normalized spacial score (nSPS) is 12.3. The van der Waals surface area contributed by atoms with Crippen molar-refractivity contribution in [1.82, 2.24) is 0 Å². The molecule has 1 N–H and O–H groups in total. The molecule has 19 heavy (non-hydrogen) atoms. The second-order valence-corrected chi connectivity index (χ2v) is 5.73. The van der Waals surface area contributed by atoms with Crippen molar-refractivity contribution in [3.05, 3.63) is 62.2 Å². The fourth-order valence-electron chi connectivity index (χ4n) is 1.70. The minimum Gasteiger partial charge on any atom is -0.378 e. The lowest BCUT2D eigenvalue weighted by Gasteiger charge is -2.17. The number of hydrogen-bond donors (Lipinski definition) is 1. The fourth-order valence-corrected chi connectivity index (χ4v) is 2.53. The molecule has 1 nitrogen and oxygen atoms in total. The predicted octanol–water partition coefficient (Wildman–Crippen LogP) is 5.40. The van der Waals surface area contributed by atoms with Crippen LogP contribution in [0.5, 0.6) is 0 Å². The molecule has 0 amide bonds. The van der Waals surface area contributed by atoms with Gasteiger partial charge in [0.1, 0.15) is 11.6 Å². The number of rotatable bonds is 3. The Labute approximate surface area is 129 Å². The van der Waals surface area contributed by atoms with Crippen LogP contribution in [0.1, 0.15) is 18.5 Å². The molecule has 0 aliphatic rings. The molecule has 2 aromatic carbocycles. The summed E-state index contributed by atoms with van der Waals surface area (Å²) in [5.41, 5.74) is 1.70. The van der Waals surface area contributed by atoms with Gasteiger partial charge < -0.3 is 5.32 Å². The van der Waals surface area contributed by atoms with Gasteiger partial charge in [0.2, 0.25) is 0 Å². The molecule has 0 radical (unpaired) electrons. The van der Waals surface area contributed by atoms with Gasteiger partial charge >= 0.3 is 0 Å². The first-order chi connectivity index (χ1) is 8.97. The van der Waals surface area contributed by atoms with Crippen molar-refractivity contribution in [2.75, 3.05) is 5.32 Å². The van der Waals surface area contributed by atoms with Gasteiger partial charge in [-0.15, -0.1) is 0 Å². The Balaban J connectivity index is 2.20. The molecule has 0 aliphatic heterocycles. The van der Waals surface area contributed by atoms with E-state index in [0.29, 0.717) is 0 Å². The van der Waals surface area contributed by atoms with Crippen LogP contribution in [-0.4, -0.2) is 0 Å². The monoisotopic (exact) mass is 393 g/mol. The minimum atomic E-state index is -0.436. The molecule has 0 aromatic heterocycles. The van der Waals surface area contributed by atoms with Crippen LogP contribution in [0.15, 0.2) is 36.4 Å². The van der Waals surface area contributed by atoms with E-state index in [0.717, 1.165) is 14.8 Å². The maximum absolute atomic E-state index is 13.1. The number of benzene rings is 2. The van der Waals surface area contributed by atoms with Crippen molar-refractivity contribution in [2.24, 2.45) is 0 Å². The zero-order valence-corrected chi connectivity index (χ0v) is 13.0. The minimum absolute atomic E-state index is 0.0583. The van der Waals surface area contributed by atoms with Crippen LogP contribution in [0.25, 0.3) is 0 Å². The Kier molecular flexibility index (Phi) is 4.62. The number of halogens is 4. The first-order valence-electron chi connectivity index (χ1n) is 5.64. The molecule has 0 fully saturated rings.